The van der Waals surface area contributed by atoms with Crippen LogP contribution in [0.1, 0.15) is 26.5 Å². The molecule has 1 aromatic heterocycles. The molecule has 0 radical (unpaired) electrons. The molecule has 0 aliphatic rings. The van der Waals surface area contributed by atoms with Gasteiger partial charge < -0.3 is 35.8 Å². The van der Waals surface area contributed by atoms with Crippen molar-refractivity contribution < 1.29 is 29.0 Å². The maximum Gasteiger partial charge on any atom is 0.291 e. The quantitative estimate of drug-likeness (QED) is 0.263. The lowest BCUT2D eigenvalue weighted by atomic mass is 10.2. The van der Waals surface area contributed by atoms with E-state index in [9.17, 15) is 14.7 Å². The number of amides is 2. The smallest absolute Gasteiger partial charge is 0.291 e. The molecule has 10 heteroatoms. The summed E-state index contributed by atoms with van der Waals surface area (Å²) < 4.78 is 10.6. The molecule has 6 N–H and O–H groups in total. The van der Waals surface area contributed by atoms with Gasteiger partial charge in [0.2, 0.25) is 5.91 Å². The number of aromatic hydroxyl groups is 2. The van der Waals surface area contributed by atoms with Crippen LogP contribution in [0.4, 0.5) is 5.69 Å². The van der Waals surface area contributed by atoms with Gasteiger partial charge in [-0.15, -0.1) is 0 Å². The number of fused-ring (bicyclic) bond motifs is 1. The average Bonchev–Trinajstić information content (AvgIpc) is 3.25. The summed E-state index contributed by atoms with van der Waals surface area (Å²) in [5.41, 5.74) is 6.61. The zero-order valence-electron chi connectivity index (χ0n) is 17.8. The summed E-state index contributed by atoms with van der Waals surface area (Å²) >= 11 is 5.50. The predicted molar refractivity (Wildman–Crippen MR) is 128 cm³/mol. The summed E-state index contributed by atoms with van der Waals surface area (Å²) in [5, 5.41) is 29.3. The first-order chi connectivity index (χ1) is 16.2. The van der Waals surface area contributed by atoms with E-state index in [0.29, 0.717) is 22.6 Å². The van der Waals surface area contributed by atoms with Crippen LogP contribution < -0.4 is 15.8 Å². The van der Waals surface area contributed by atoms with Crippen molar-refractivity contribution in [3.8, 4) is 17.2 Å². The minimum absolute atomic E-state index is 0.0586. The number of methoxy groups -OCH3 is 1. The van der Waals surface area contributed by atoms with Crippen LogP contribution in [0.5, 0.6) is 17.2 Å². The molecular formula is C24H20ClN3O6. The number of ether oxygens (including phenoxy) is 1. The summed E-state index contributed by atoms with van der Waals surface area (Å²) in [6.07, 6.45) is 1.04. The molecule has 0 saturated carbocycles. The highest BCUT2D eigenvalue weighted by atomic mass is 35.5. The van der Waals surface area contributed by atoms with E-state index >= 15 is 0 Å². The topological polar surface area (TPSA) is 159 Å². The lowest BCUT2D eigenvalue weighted by Crippen LogP contribution is -2.10. The van der Waals surface area contributed by atoms with Crippen LogP contribution in [0.2, 0.25) is 5.02 Å². The number of hydrogen-bond acceptors (Lipinski definition) is 7. The minimum Gasteiger partial charge on any atom is -0.507 e. The fourth-order valence-corrected chi connectivity index (χ4v) is 3.04. The number of primary amides is 1. The Bertz CT molecular complexity index is 1380. The zero-order valence-corrected chi connectivity index (χ0v) is 18.6. The van der Waals surface area contributed by atoms with E-state index in [0.717, 1.165) is 11.6 Å². The third kappa shape index (κ3) is 5.64. The second kappa shape index (κ2) is 10.4. The van der Waals surface area contributed by atoms with Gasteiger partial charge in [-0.25, -0.2) is 0 Å². The average molecular weight is 482 g/mol. The number of phenolic OH excluding ortho intramolecular Hbond substituents is 2. The van der Waals surface area contributed by atoms with E-state index in [-0.39, 0.29) is 27.8 Å². The van der Waals surface area contributed by atoms with Crippen molar-refractivity contribution in [1.82, 2.24) is 0 Å². The number of hydrogen-bond donors (Lipinski definition) is 5. The fourth-order valence-electron chi connectivity index (χ4n) is 2.86. The SMILES string of the molecule is COc1ccc2oc(C(=O)Nc3ccc(C=N)c(O)c3)cc2c1.NC(=O)c1ccc(O)c(Cl)c1. The Labute approximate surface area is 198 Å². The summed E-state index contributed by atoms with van der Waals surface area (Å²) in [6.45, 7) is 0. The van der Waals surface area contributed by atoms with Crippen molar-refractivity contribution in [2.24, 2.45) is 5.73 Å². The number of rotatable bonds is 5. The molecule has 4 aromatic rings. The largest absolute Gasteiger partial charge is 0.507 e. The van der Waals surface area contributed by atoms with Gasteiger partial charge in [0, 0.05) is 34.5 Å². The highest BCUT2D eigenvalue weighted by molar-refractivity contribution is 6.32. The molecule has 3 aromatic carbocycles. The second-order valence-corrected chi connectivity index (χ2v) is 7.32. The molecule has 0 unspecified atom stereocenters. The monoisotopic (exact) mass is 481 g/mol. The molecule has 174 valence electrons. The molecule has 9 nitrogen and oxygen atoms in total. The van der Waals surface area contributed by atoms with E-state index in [4.69, 9.17) is 37.0 Å². The molecule has 2 amide bonds. The Balaban J connectivity index is 0.000000248. The Morgan fingerprint density at radius 1 is 1.06 bits per heavy atom. The number of furan rings is 1. The van der Waals surface area contributed by atoms with E-state index in [1.165, 1.54) is 24.3 Å². The van der Waals surface area contributed by atoms with Gasteiger partial charge >= 0.3 is 0 Å². The van der Waals surface area contributed by atoms with Gasteiger partial charge in [0.05, 0.1) is 12.1 Å². The summed E-state index contributed by atoms with van der Waals surface area (Å²) in [7, 11) is 1.57. The molecule has 0 aliphatic heterocycles. The third-order valence-corrected chi connectivity index (χ3v) is 4.93. The number of anilines is 1. The van der Waals surface area contributed by atoms with Gasteiger partial charge in [-0.1, -0.05) is 11.6 Å². The van der Waals surface area contributed by atoms with Gasteiger partial charge in [-0.2, -0.15) is 0 Å². The number of carbonyl (C=O) groups excluding carboxylic acids is 2. The molecule has 4 rings (SSSR count). The predicted octanol–water partition coefficient (Wildman–Crippen LogP) is 4.54. The van der Waals surface area contributed by atoms with Gasteiger partial charge in [0.25, 0.3) is 5.91 Å². The molecule has 0 aliphatic carbocycles. The van der Waals surface area contributed by atoms with Crippen molar-refractivity contribution in [3.63, 3.8) is 0 Å². The van der Waals surface area contributed by atoms with E-state index in [1.54, 1.807) is 43.5 Å². The number of carbonyl (C=O) groups is 2. The summed E-state index contributed by atoms with van der Waals surface area (Å²) in [6, 6.07) is 15.5. The Hall–Kier alpha value is -4.50. The number of phenols is 2. The highest BCUT2D eigenvalue weighted by Gasteiger charge is 2.14. The maximum absolute atomic E-state index is 12.2. The van der Waals surface area contributed by atoms with Crippen LogP contribution in [0, 0.1) is 5.41 Å². The molecule has 0 atom stereocenters. The van der Waals surface area contributed by atoms with E-state index in [1.807, 2.05) is 0 Å². The van der Waals surface area contributed by atoms with Crippen LogP contribution in [0.3, 0.4) is 0 Å². The maximum atomic E-state index is 12.2. The zero-order chi connectivity index (χ0) is 24.8. The number of nitrogens with one attached hydrogen (secondary N) is 2. The van der Waals surface area contributed by atoms with Crippen LogP contribution >= 0.6 is 11.6 Å². The standard InChI is InChI=1S/C17H14N2O4.C7H6ClNO2/c1-22-13-4-5-15-11(6-13)7-16(23-15)17(21)19-12-3-2-10(9-18)14(20)8-12;8-5-3-4(7(9)11)1-2-6(5)10/h2-9,18,20H,1H3,(H,19,21);1-3,10H,(H2,9,11). The molecule has 0 spiro atoms. The minimum atomic E-state index is -0.563. The second-order valence-electron chi connectivity index (χ2n) is 6.92. The van der Waals surface area contributed by atoms with Gasteiger partial charge in [-0.3, -0.25) is 9.59 Å². The highest BCUT2D eigenvalue weighted by Crippen LogP contribution is 2.26. The first-order valence-electron chi connectivity index (χ1n) is 9.72. The molecular weight excluding hydrogens is 462 g/mol. The van der Waals surface area contributed by atoms with Gasteiger partial charge in [0.15, 0.2) is 5.76 Å². The van der Waals surface area contributed by atoms with Gasteiger partial charge in [0.1, 0.15) is 22.8 Å². The number of halogens is 1. The lowest BCUT2D eigenvalue weighted by Gasteiger charge is -2.05. The summed E-state index contributed by atoms with van der Waals surface area (Å²) in [4.78, 5) is 22.8. The van der Waals surface area contributed by atoms with Crippen LogP contribution in [0.25, 0.3) is 11.0 Å². The van der Waals surface area contributed by atoms with Crippen LogP contribution in [0.15, 0.2) is 65.1 Å². The van der Waals surface area contributed by atoms with Crippen LogP contribution in [-0.4, -0.2) is 35.4 Å². The molecule has 34 heavy (non-hydrogen) atoms. The Morgan fingerprint density at radius 2 is 1.82 bits per heavy atom. The molecule has 1 heterocycles. The van der Waals surface area contributed by atoms with Crippen molar-refractivity contribution in [1.29, 1.82) is 5.41 Å². The van der Waals surface area contributed by atoms with Gasteiger partial charge in [-0.05, 0) is 54.6 Å². The normalized spacial score (nSPS) is 10.2. The van der Waals surface area contributed by atoms with Crippen molar-refractivity contribution in [3.05, 3.63) is 82.6 Å². The Morgan fingerprint density at radius 3 is 2.44 bits per heavy atom. The van der Waals surface area contributed by atoms with E-state index in [2.05, 4.69) is 5.32 Å². The number of benzene rings is 3. The molecule has 0 saturated heterocycles. The number of nitrogens with two attached hydrogens (primary N) is 1. The first kappa shape index (κ1) is 24.1. The lowest BCUT2D eigenvalue weighted by molar-refractivity contribution is 0.0991. The first-order valence-corrected chi connectivity index (χ1v) is 10.1. The van der Waals surface area contributed by atoms with E-state index < -0.39 is 11.8 Å². The van der Waals surface area contributed by atoms with Crippen LogP contribution in [-0.2, 0) is 0 Å². The molecule has 0 fully saturated rings. The Kier molecular flexibility index (Phi) is 7.39. The summed E-state index contributed by atoms with van der Waals surface area (Å²) in [5.74, 6) is -0.292. The van der Waals surface area contributed by atoms with Crippen molar-refractivity contribution >= 4 is 46.3 Å². The molecule has 0 bridgehead atoms. The van der Waals surface area contributed by atoms with Crippen molar-refractivity contribution in [2.75, 3.05) is 12.4 Å². The third-order valence-electron chi connectivity index (χ3n) is 4.62. The fraction of sp³-hybridized carbons (Fsp3) is 0.0417. The van der Waals surface area contributed by atoms with Crippen molar-refractivity contribution in [2.45, 2.75) is 0 Å².